The Bertz CT molecular complexity index is 586. The van der Waals surface area contributed by atoms with Gasteiger partial charge in [-0.05, 0) is 30.7 Å². The van der Waals surface area contributed by atoms with Crippen LogP contribution in [0.1, 0.15) is 12.5 Å². The summed E-state index contributed by atoms with van der Waals surface area (Å²) < 4.78 is 11.2. The third-order valence-corrected chi connectivity index (χ3v) is 4.76. The molecule has 2 aliphatic rings. The largest absolute Gasteiger partial charge is 0.487 e. The summed E-state index contributed by atoms with van der Waals surface area (Å²) in [6, 6.07) is 4.10. The topological polar surface area (TPSA) is 33.7 Å². The van der Waals surface area contributed by atoms with Crippen LogP contribution >= 0.6 is 23.2 Å². The predicted molar refractivity (Wildman–Crippen MR) is 94.7 cm³/mol. The lowest BCUT2D eigenvalue weighted by atomic mass is 10.1. The second-order valence-corrected chi connectivity index (χ2v) is 6.87. The number of benzene rings is 1. The molecule has 1 saturated heterocycles. The Hall–Kier alpha value is -0.780. The van der Waals surface area contributed by atoms with Crippen LogP contribution in [0.3, 0.4) is 0 Å². The second kappa shape index (κ2) is 7.86. The summed E-state index contributed by atoms with van der Waals surface area (Å²) in [5, 5.41) is 4.71. The number of nitrogens with zero attached hydrogens (tertiary/aromatic N) is 1. The van der Waals surface area contributed by atoms with Gasteiger partial charge in [-0.15, -0.1) is 0 Å². The van der Waals surface area contributed by atoms with Crippen molar-refractivity contribution in [2.24, 2.45) is 0 Å². The summed E-state index contributed by atoms with van der Waals surface area (Å²) in [4.78, 5) is 2.46. The van der Waals surface area contributed by atoms with Crippen molar-refractivity contribution in [2.45, 2.75) is 13.0 Å². The third-order valence-electron chi connectivity index (χ3n) is 4.26. The molecule has 3 rings (SSSR count). The van der Waals surface area contributed by atoms with Crippen LogP contribution in [-0.4, -0.2) is 56.9 Å². The van der Waals surface area contributed by atoms with Gasteiger partial charge in [0.25, 0.3) is 0 Å². The van der Waals surface area contributed by atoms with E-state index in [-0.39, 0.29) is 0 Å². The molecule has 0 saturated carbocycles. The standard InChI is InChI=1S/C17H22Cl2N2O2/c1-12(21-2-4-22-5-3-21)9-20-10-13-6-14-7-15(18)8-16(19)17(14)23-11-13/h6-8,12,20H,2-5,9-11H2,1H3. The van der Waals surface area contributed by atoms with Crippen molar-refractivity contribution >= 4 is 29.3 Å². The molecule has 1 N–H and O–H groups in total. The van der Waals surface area contributed by atoms with Crippen molar-refractivity contribution in [3.05, 3.63) is 33.3 Å². The Morgan fingerprint density at radius 1 is 1.26 bits per heavy atom. The maximum absolute atomic E-state index is 6.16. The molecule has 0 spiro atoms. The predicted octanol–water partition coefficient (Wildman–Crippen LogP) is 3.08. The molecule has 2 heterocycles. The number of fused-ring (bicyclic) bond motifs is 1. The highest BCUT2D eigenvalue weighted by Crippen LogP contribution is 2.36. The van der Waals surface area contributed by atoms with Crippen molar-refractivity contribution < 1.29 is 9.47 Å². The van der Waals surface area contributed by atoms with Gasteiger partial charge in [0.1, 0.15) is 12.4 Å². The summed E-state index contributed by atoms with van der Waals surface area (Å²) in [6.45, 7) is 8.26. The van der Waals surface area contributed by atoms with Crippen molar-refractivity contribution in [3.63, 3.8) is 0 Å². The van der Waals surface area contributed by atoms with E-state index in [4.69, 9.17) is 32.7 Å². The molecule has 4 nitrogen and oxygen atoms in total. The van der Waals surface area contributed by atoms with Crippen LogP contribution in [0, 0.1) is 0 Å². The van der Waals surface area contributed by atoms with Gasteiger partial charge in [-0.25, -0.2) is 0 Å². The molecule has 1 fully saturated rings. The maximum Gasteiger partial charge on any atom is 0.145 e. The number of hydrogen-bond donors (Lipinski definition) is 1. The van der Waals surface area contributed by atoms with Gasteiger partial charge in [0, 0.05) is 42.8 Å². The minimum absolute atomic E-state index is 0.500. The number of nitrogens with one attached hydrogen (secondary N) is 1. The summed E-state index contributed by atoms with van der Waals surface area (Å²) >= 11 is 12.2. The Morgan fingerprint density at radius 3 is 2.83 bits per heavy atom. The van der Waals surface area contributed by atoms with E-state index in [0.29, 0.717) is 22.7 Å². The number of ether oxygens (including phenoxy) is 2. The zero-order valence-corrected chi connectivity index (χ0v) is 14.8. The van der Waals surface area contributed by atoms with Crippen LogP contribution in [0.2, 0.25) is 10.0 Å². The van der Waals surface area contributed by atoms with Gasteiger partial charge in [0.15, 0.2) is 0 Å². The molecule has 1 aromatic carbocycles. The Kier molecular flexibility index (Phi) is 5.83. The van der Waals surface area contributed by atoms with Gasteiger partial charge < -0.3 is 14.8 Å². The molecule has 1 atom stereocenters. The van der Waals surface area contributed by atoms with E-state index in [1.54, 1.807) is 6.07 Å². The molecule has 126 valence electrons. The molecule has 6 heteroatoms. The average Bonchev–Trinajstić information content (AvgIpc) is 2.55. The van der Waals surface area contributed by atoms with E-state index in [1.165, 1.54) is 5.57 Å². The molecule has 1 unspecified atom stereocenters. The van der Waals surface area contributed by atoms with Crippen LogP contribution in [0.15, 0.2) is 17.7 Å². The first kappa shape index (κ1) is 17.1. The summed E-state index contributed by atoms with van der Waals surface area (Å²) in [5.74, 6) is 0.724. The Morgan fingerprint density at radius 2 is 2.04 bits per heavy atom. The van der Waals surface area contributed by atoms with Gasteiger partial charge in [0.05, 0.1) is 18.2 Å². The third kappa shape index (κ3) is 4.40. The fraction of sp³-hybridized carbons (Fsp3) is 0.529. The van der Waals surface area contributed by atoms with Gasteiger partial charge in [0.2, 0.25) is 0 Å². The molecular weight excluding hydrogens is 335 g/mol. The Balaban J connectivity index is 1.53. The highest BCUT2D eigenvalue weighted by molar-refractivity contribution is 6.36. The van der Waals surface area contributed by atoms with Crippen LogP contribution in [0.5, 0.6) is 5.75 Å². The first-order valence-electron chi connectivity index (χ1n) is 7.97. The van der Waals surface area contributed by atoms with Gasteiger partial charge in [-0.1, -0.05) is 23.2 Å². The lowest BCUT2D eigenvalue weighted by Crippen LogP contribution is -2.46. The number of halogens is 2. The van der Waals surface area contributed by atoms with E-state index in [9.17, 15) is 0 Å². The number of morpholine rings is 1. The molecule has 0 aliphatic carbocycles. The first-order chi connectivity index (χ1) is 11.1. The molecule has 0 aromatic heterocycles. The lowest BCUT2D eigenvalue weighted by molar-refractivity contribution is 0.0205. The molecule has 0 amide bonds. The van der Waals surface area contributed by atoms with E-state index in [1.807, 2.05) is 6.07 Å². The van der Waals surface area contributed by atoms with Crippen molar-refractivity contribution in [1.82, 2.24) is 10.2 Å². The van der Waals surface area contributed by atoms with Crippen LogP contribution < -0.4 is 10.1 Å². The van der Waals surface area contributed by atoms with Crippen molar-refractivity contribution in [2.75, 3.05) is 46.0 Å². The van der Waals surface area contributed by atoms with E-state index in [0.717, 1.165) is 50.7 Å². The summed E-state index contributed by atoms with van der Waals surface area (Å²) in [5.41, 5.74) is 2.15. The zero-order valence-electron chi connectivity index (χ0n) is 13.3. The van der Waals surface area contributed by atoms with E-state index >= 15 is 0 Å². The lowest BCUT2D eigenvalue weighted by Gasteiger charge is -2.32. The summed E-state index contributed by atoms with van der Waals surface area (Å²) in [6.07, 6.45) is 2.11. The van der Waals surface area contributed by atoms with E-state index < -0.39 is 0 Å². The first-order valence-corrected chi connectivity index (χ1v) is 8.73. The monoisotopic (exact) mass is 356 g/mol. The molecule has 0 radical (unpaired) electrons. The fourth-order valence-corrected chi connectivity index (χ4v) is 3.52. The minimum atomic E-state index is 0.500. The SMILES string of the molecule is CC(CNCC1=Cc2cc(Cl)cc(Cl)c2OC1)N1CCOCC1. The van der Waals surface area contributed by atoms with Crippen LogP contribution in [0.4, 0.5) is 0 Å². The Labute approximate surface area is 147 Å². The number of hydrogen-bond acceptors (Lipinski definition) is 4. The van der Waals surface area contributed by atoms with Gasteiger partial charge >= 0.3 is 0 Å². The minimum Gasteiger partial charge on any atom is -0.487 e. The highest BCUT2D eigenvalue weighted by atomic mass is 35.5. The smallest absolute Gasteiger partial charge is 0.145 e. The van der Waals surface area contributed by atoms with E-state index in [2.05, 4.69) is 23.2 Å². The molecule has 0 bridgehead atoms. The fourth-order valence-electron chi connectivity index (χ4n) is 2.96. The quantitative estimate of drug-likeness (QED) is 0.878. The van der Waals surface area contributed by atoms with Crippen molar-refractivity contribution in [1.29, 1.82) is 0 Å². The molecular formula is C17H22Cl2N2O2. The average molecular weight is 357 g/mol. The van der Waals surface area contributed by atoms with Gasteiger partial charge in [-0.2, -0.15) is 0 Å². The van der Waals surface area contributed by atoms with Gasteiger partial charge in [-0.3, -0.25) is 4.90 Å². The molecule has 2 aliphatic heterocycles. The molecule has 23 heavy (non-hydrogen) atoms. The maximum atomic E-state index is 6.16. The number of rotatable bonds is 5. The normalized spacial score (nSPS) is 19.7. The summed E-state index contributed by atoms with van der Waals surface area (Å²) in [7, 11) is 0. The molecule has 1 aromatic rings. The van der Waals surface area contributed by atoms with Crippen molar-refractivity contribution in [3.8, 4) is 5.75 Å². The van der Waals surface area contributed by atoms with Crippen LogP contribution in [0.25, 0.3) is 6.08 Å². The second-order valence-electron chi connectivity index (χ2n) is 6.03. The van der Waals surface area contributed by atoms with Crippen LogP contribution in [-0.2, 0) is 4.74 Å². The zero-order chi connectivity index (χ0) is 16.2. The highest BCUT2D eigenvalue weighted by Gasteiger charge is 2.18.